The molecular weight excluding hydrogens is 374 g/mol. The molecule has 1 atom stereocenters. The number of nitrogens with one attached hydrogen (secondary N) is 1. The number of carboxylic acids is 1. The molecule has 0 fully saturated rings. The highest BCUT2D eigenvalue weighted by Gasteiger charge is 2.23. The van der Waals surface area contributed by atoms with E-state index in [2.05, 4.69) is 5.32 Å². The molecule has 0 bridgehead atoms. The Labute approximate surface area is 166 Å². The summed E-state index contributed by atoms with van der Waals surface area (Å²) in [5, 5.41) is 12.9. The van der Waals surface area contributed by atoms with Gasteiger partial charge in [0.1, 0.15) is 17.6 Å². The summed E-state index contributed by atoms with van der Waals surface area (Å²) in [5.41, 5.74) is 0.281. The van der Waals surface area contributed by atoms with Gasteiger partial charge in [0.2, 0.25) is 0 Å². The summed E-state index contributed by atoms with van der Waals surface area (Å²) >= 11 is 0. The Morgan fingerprint density at radius 2 is 1.79 bits per heavy atom. The molecule has 3 aromatic rings. The highest BCUT2D eigenvalue weighted by Crippen LogP contribution is 2.24. The van der Waals surface area contributed by atoms with Crippen molar-refractivity contribution in [3.8, 4) is 17.1 Å². The van der Waals surface area contributed by atoms with Crippen molar-refractivity contribution in [3.63, 3.8) is 0 Å². The van der Waals surface area contributed by atoms with Gasteiger partial charge in [-0.3, -0.25) is 4.79 Å². The summed E-state index contributed by atoms with van der Waals surface area (Å²) < 4.78 is 10.8. The van der Waals surface area contributed by atoms with Crippen molar-refractivity contribution in [1.82, 2.24) is 5.32 Å². The summed E-state index contributed by atoms with van der Waals surface area (Å²) in [6.45, 7) is 3.12. The minimum Gasteiger partial charge on any atom is -0.484 e. The van der Waals surface area contributed by atoms with Gasteiger partial charge >= 0.3 is 11.6 Å². The average Bonchev–Trinajstić information content (AvgIpc) is 2.70. The zero-order valence-electron chi connectivity index (χ0n) is 16.0. The maximum absolute atomic E-state index is 12.1. The van der Waals surface area contributed by atoms with Crippen LogP contribution in [-0.2, 0) is 9.59 Å². The van der Waals surface area contributed by atoms with Gasteiger partial charge in [-0.1, -0.05) is 32.0 Å². The van der Waals surface area contributed by atoms with Gasteiger partial charge in [-0.2, -0.15) is 0 Å². The number of ether oxygens (including phenoxy) is 1. The fourth-order valence-electron chi connectivity index (χ4n) is 2.87. The first-order chi connectivity index (χ1) is 13.8. The van der Waals surface area contributed by atoms with E-state index in [9.17, 15) is 14.4 Å². The largest absolute Gasteiger partial charge is 0.484 e. The van der Waals surface area contributed by atoms with E-state index in [0.717, 1.165) is 5.39 Å². The minimum atomic E-state index is -1.09. The lowest BCUT2D eigenvalue weighted by atomic mass is 10.1. The summed E-state index contributed by atoms with van der Waals surface area (Å²) in [4.78, 5) is 35.2. The molecule has 0 saturated carbocycles. The number of rotatable bonds is 7. The first-order valence-electron chi connectivity index (χ1n) is 9.13. The maximum Gasteiger partial charge on any atom is 0.344 e. The molecule has 7 nitrogen and oxygen atoms in total. The fourth-order valence-corrected chi connectivity index (χ4v) is 2.87. The van der Waals surface area contributed by atoms with Crippen LogP contribution in [-0.4, -0.2) is 29.6 Å². The second kappa shape index (κ2) is 8.60. The van der Waals surface area contributed by atoms with Crippen molar-refractivity contribution < 1.29 is 23.8 Å². The van der Waals surface area contributed by atoms with E-state index in [1.165, 1.54) is 0 Å². The third-order valence-corrected chi connectivity index (χ3v) is 4.43. The number of benzene rings is 2. The monoisotopic (exact) mass is 395 g/mol. The molecule has 0 radical (unpaired) electrons. The van der Waals surface area contributed by atoms with E-state index < -0.39 is 23.5 Å². The standard InChI is InChI=1S/C22H21NO6/c1-13(2)20(21(25)26)23-19(24)12-28-16-9-7-14(8-10-16)18-11-15-5-3-4-6-17(15)22(27)29-18/h3-11,13,20H,12H2,1-2H3,(H,23,24)(H,25,26). The van der Waals surface area contributed by atoms with Crippen LogP contribution < -0.4 is 15.7 Å². The molecular formula is C22H21NO6. The van der Waals surface area contributed by atoms with E-state index >= 15 is 0 Å². The van der Waals surface area contributed by atoms with Gasteiger partial charge in [-0.15, -0.1) is 0 Å². The van der Waals surface area contributed by atoms with Crippen LogP contribution in [0.2, 0.25) is 0 Å². The number of carbonyl (C=O) groups is 2. The molecule has 150 valence electrons. The average molecular weight is 395 g/mol. The van der Waals surface area contributed by atoms with Gasteiger partial charge in [0, 0.05) is 5.56 Å². The highest BCUT2D eigenvalue weighted by atomic mass is 16.5. The molecule has 0 saturated heterocycles. The molecule has 3 rings (SSSR count). The van der Waals surface area contributed by atoms with Gasteiger partial charge in [0.15, 0.2) is 6.61 Å². The number of carboxylic acid groups (broad SMARTS) is 1. The van der Waals surface area contributed by atoms with Crippen molar-refractivity contribution in [2.75, 3.05) is 6.61 Å². The first-order valence-corrected chi connectivity index (χ1v) is 9.13. The van der Waals surface area contributed by atoms with E-state index in [1.807, 2.05) is 12.1 Å². The molecule has 2 N–H and O–H groups in total. The number of hydrogen-bond donors (Lipinski definition) is 2. The Morgan fingerprint density at radius 3 is 2.45 bits per heavy atom. The fraction of sp³-hybridized carbons (Fsp3) is 0.227. The molecule has 1 unspecified atom stereocenters. The number of aliphatic carboxylic acids is 1. The van der Waals surface area contributed by atoms with E-state index in [4.69, 9.17) is 14.3 Å². The van der Waals surface area contributed by atoms with Crippen molar-refractivity contribution in [2.24, 2.45) is 5.92 Å². The number of hydrogen-bond acceptors (Lipinski definition) is 5. The van der Waals surface area contributed by atoms with Crippen LogP contribution in [0.1, 0.15) is 13.8 Å². The maximum atomic E-state index is 12.1. The predicted octanol–water partition coefficient (Wildman–Crippen LogP) is 3.06. The highest BCUT2D eigenvalue weighted by molar-refractivity contribution is 5.85. The lowest BCUT2D eigenvalue weighted by molar-refractivity contribution is -0.143. The number of amides is 1. The molecule has 29 heavy (non-hydrogen) atoms. The third-order valence-electron chi connectivity index (χ3n) is 4.43. The molecule has 1 amide bonds. The molecule has 7 heteroatoms. The lowest BCUT2D eigenvalue weighted by Crippen LogP contribution is -2.46. The van der Waals surface area contributed by atoms with Gasteiger partial charge in [-0.05, 0) is 47.7 Å². The molecule has 0 aliphatic carbocycles. The van der Waals surface area contributed by atoms with Crippen LogP contribution in [0.4, 0.5) is 0 Å². The summed E-state index contributed by atoms with van der Waals surface area (Å²) in [5.74, 6) is -0.986. The molecule has 0 spiro atoms. The Morgan fingerprint density at radius 1 is 1.10 bits per heavy atom. The van der Waals surface area contributed by atoms with Crippen molar-refractivity contribution in [2.45, 2.75) is 19.9 Å². The van der Waals surface area contributed by atoms with Crippen LogP contribution in [0.25, 0.3) is 22.1 Å². The van der Waals surface area contributed by atoms with Gasteiger partial charge in [0.05, 0.1) is 5.39 Å². The van der Waals surface area contributed by atoms with Crippen LogP contribution >= 0.6 is 0 Å². The van der Waals surface area contributed by atoms with Crippen LogP contribution in [0.15, 0.2) is 63.8 Å². The summed E-state index contributed by atoms with van der Waals surface area (Å²) in [7, 11) is 0. The van der Waals surface area contributed by atoms with Crippen LogP contribution in [0, 0.1) is 5.92 Å². The third kappa shape index (κ3) is 4.82. The smallest absolute Gasteiger partial charge is 0.344 e. The van der Waals surface area contributed by atoms with Crippen molar-refractivity contribution in [1.29, 1.82) is 0 Å². The van der Waals surface area contributed by atoms with Gasteiger partial charge in [-0.25, -0.2) is 9.59 Å². The Balaban J connectivity index is 1.67. The first kappa shape index (κ1) is 20.1. The second-order valence-electron chi connectivity index (χ2n) is 6.93. The summed E-state index contributed by atoms with van der Waals surface area (Å²) in [6.07, 6.45) is 0. The Hall–Kier alpha value is -3.61. The topological polar surface area (TPSA) is 106 Å². The van der Waals surface area contributed by atoms with E-state index in [-0.39, 0.29) is 12.5 Å². The quantitative estimate of drug-likeness (QED) is 0.637. The zero-order valence-corrected chi connectivity index (χ0v) is 16.0. The second-order valence-corrected chi connectivity index (χ2v) is 6.93. The van der Waals surface area contributed by atoms with Crippen LogP contribution in [0.5, 0.6) is 5.75 Å². The predicted molar refractivity (Wildman–Crippen MR) is 108 cm³/mol. The van der Waals surface area contributed by atoms with E-state index in [1.54, 1.807) is 56.3 Å². The Kier molecular flexibility index (Phi) is 5.97. The molecule has 1 heterocycles. The van der Waals surface area contributed by atoms with Gasteiger partial charge in [0.25, 0.3) is 5.91 Å². The Bertz CT molecular complexity index is 1080. The summed E-state index contributed by atoms with van der Waals surface area (Å²) in [6, 6.07) is 14.7. The van der Waals surface area contributed by atoms with Crippen molar-refractivity contribution >= 4 is 22.6 Å². The number of carbonyl (C=O) groups excluding carboxylic acids is 1. The molecule has 1 aromatic heterocycles. The number of fused-ring (bicyclic) bond motifs is 1. The lowest BCUT2D eigenvalue weighted by Gasteiger charge is -2.18. The minimum absolute atomic E-state index is 0.243. The normalized spacial score (nSPS) is 12.0. The molecule has 0 aliphatic heterocycles. The molecule has 2 aromatic carbocycles. The van der Waals surface area contributed by atoms with Crippen LogP contribution in [0.3, 0.4) is 0 Å². The van der Waals surface area contributed by atoms with Gasteiger partial charge < -0.3 is 19.6 Å². The SMILES string of the molecule is CC(C)C(NC(=O)COc1ccc(-c2cc3ccccc3c(=O)o2)cc1)C(=O)O. The molecule has 0 aliphatic rings. The van der Waals surface area contributed by atoms with Crippen molar-refractivity contribution in [3.05, 3.63) is 65.0 Å². The zero-order chi connectivity index (χ0) is 21.0. The van der Waals surface area contributed by atoms with E-state index in [0.29, 0.717) is 22.5 Å².